The van der Waals surface area contributed by atoms with Gasteiger partial charge < -0.3 is 18.6 Å². The molecule has 5 heteroatoms. The van der Waals surface area contributed by atoms with Gasteiger partial charge in [0.1, 0.15) is 6.10 Å². The van der Waals surface area contributed by atoms with Gasteiger partial charge in [-0.15, -0.1) is 0 Å². The lowest BCUT2D eigenvalue weighted by Gasteiger charge is -2.44. The summed E-state index contributed by atoms with van der Waals surface area (Å²) in [6.45, 7) is 13.2. The molecule has 0 radical (unpaired) electrons. The van der Waals surface area contributed by atoms with Crippen LogP contribution in [0.3, 0.4) is 0 Å². The fourth-order valence-corrected chi connectivity index (χ4v) is 3.32. The summed E-state index contributed by atoms with van der Waals surface area (Å²) in [4.78, 5) is 0. The van der Waals surface area contributed by atoms with E-state index in [1.165, 1.54) is 0 Å². The lowest BCUT2D eigenvalue weighted by molar-refractivity contribution is -0.231. The lowest BCUT2D eigenvalue weighted by atomic mass is 10.0. The highest BCUT2D eigenvalue weighted by Crippen LogP contribution is 2.39. The van der Waals surface area contributed by atoms with E-state index in [2.05, 4.69) is 33.9 Å². The van der Waals surface area contributed by atoms with Crippen LogP contribution in [0.15, 0.2) is 0 Å². The second-order valence-electron chi connectivity index (χ2n) is 6.86. The molecule has 114 valence electrons. The van der Waals surface area contributed by atoms with Gasteiger partial charge in [0.25, 0.3) is 0 Å². The van der Waals surface area contributed by atoms with E-state index in [-0.39, 0.29) is 29.6 Å². The molecule has 1 saturated heterocycles. The summed E-state index contributed by atoms with van der Waals surface area (Å²) >= 11 is 0. The fourth-order valence-electron chi connectivity index (χ4n) is 2.15. The summed E-state index contributed by atoms with van der Waals surface area (Å²) < 4.78 is 23.3. The Labute approximate surface area is 118 Å². The third-order valence-electron chi connectivity index (χ3n) is 4.43. The van der Waals surface area contributed by atoms with Crippen LogP contribution < -0.4 is 0 Å². The molecule has 1 rings (SSSR count). The van der Waals surface area contributed by atoms with Gasteiger partial charge in [-0.3, -0.25) is 0 Å². The van der Waals surface area contributed by atoms with Crippen LogP contribution in [0.25, 0.3) is 0 Å². The first kappa shape index (κ1) is 17.1. The van der Waals surface area contributed by atoms with E-state index in [4.69, 9.17) is 18.6 Å². The van der Waals surface area contributed by atoms with Crippen molar-refractivity contribution in [1.29, 1.82) is 0 Å². The first-order chi connectivity index (χ1) is 8.62. The summed E-state index contributed by atoms with van der Waals surface area (Å²) in [5.74, 6) is 0. The highest BCUT2D eigenvalue weighted by molar-refractivity contribution is 6.74. The Balaban J connectivity index is 2.72. The zero-order valence-electron chi connectivity index (χ0n) is 13.6. The van der Waals surface area contributed by atoms with Gasteiger partial charge in [-0.1, -0.05) is 20.8 Å². The SMILES string of the molecule is COC1CC(O[Si](C)(C)C(C)(C)C)OC(C)C1OC. The predicted octanol–water partition coefficient (Wildman–Crippen LogP) is 3.17. The molecule has 4 unspecified atom stereocenters. The number of hydrogen-bond acceptors (Lipinski definition) is 4. The molecule has 0 saturated carbocycles. The normalized spacial score (nSPS) is 33.5. The monoisotopic (exact) mass is 290 g/mol. The molecule has 0 aromatic heterocycles. The smallest absolute Gasteiger partial charge is 0.195 e. The zero-order chi connectivity index (χ0) is 14.8. The van der Waals surface area contributed by atoms with Crippen molar-refractivity contribution in [2.45, 2.75) is 76.8 Å². The Kier molecular flexibility index (Phi) is 5.60. The van der Waals surface area contributed by atoms with Gasteiger partial charge in [0, 0.05) is 20.6 Å². The molecule has 0 N–H and O–H groups in total. The van der Waals surface area contributed by atoms with Gasteiger partial charge in [-0.05, 0) is 25.1 Å². The van der Waals surface area contributed by atoms with E-state index < -0.39 is 8.32 Å². The van der Waals surface area contributed by atoms with E-state index in [9.17, 15) is 0 Å². The van der Waals surface area contributed by atoms with Crippen LogP contribution in [0.1, 0.15) is 34.1 Å². The van der Waals surface area contributed by atoms with Gasteiger partial charge in [0.2, 0.25) is 0 Å². The maximum Gasteiger partial charge on any atom is 0.195 e. The Bertz CT molecular complexity index is 288. The van der Waals surface area contributed by atoms with Crippen molar-refractivity contribution in [2.24, 2.45) is 0 Å². The zero-order valence-corrected chi connectivity index (χ0v) is 14.6. The molecule has 0 amide bonds. The van der Waals surface area contributed by atoms with Crippen molar-refractivity contribution >= 4 is 8.32 Å². The third kappa shape index (κ3) is 4.01. The largest absolute Gasteiger partial charge is 0.392 e. The molecule has 1 heterocycles. The lowest BCUT2D eigenvalue weighted by Crippen LogP contribution is -2.53. The topological polar surface area (TPSA) is 36.9 Å². The predicted molar refractivity (Wildman–Crippen MR) is 78.8 cm³/mol. The Morgan fingerprint density at radius 3 is 2.11 bits per heavy atom. The average molecular weight is 290 g/mol. The molecule has 0 bridgehead atoms. The molecule has 1 fully saturated rings. The van der Waals surface area contributed by atoms with Crippen LogP contribution in [0.2, 0.25) is 18.1 Å². The second kappa shape index (κ2) is 6.22. The van der Waals surface area contributed by atoms with Crippen LogP contribution in [0, 0.1) is 0 Å². The summed E-state index contributed by atoms with van der Waals surface area (Å²) in [5.41, 5.74) is 0. The van der Waals surface area contributed by atoms with Gasteiger partial charge in [-0.2, -0.15) is 0 Å². The Morgan fingerprint density at radius 1 is 1.11 bits per heavy atom. The van der Waals surface area contributed by atoms with Gasteiger partial charge >= 0.3 is 0 Å². The quantitative estimate of drug-likeness (QED) is 0.745. The van der Waals surface area contributed by atoms with Crippen molar-refractivity contribution in [2.75, 3.05) is 14.2 Å². The standard InChI is InChI=1S/C14H30O4Si/c1-10-13(16-6)11(15-5)9-12(17-10)18-19(7,8)14(2,3)4/h10-13H,9H2,1-8H3. The van der Waals surface area contributed by atoms with Gasteiger partial charge in [0.15, 0.2) is 14.6 Å². The minimum atomic E-state index is -1.82. The molecule has 0 aromatic rings. The molecule has 1 aliphatic heterocycles. The number of ether oxygens (including phenoxy) is 3. The van der Waals surface area contributed by atoms with Crippen molar-refractivity contribution in [3.63, 3.8) is 0 Å². The molecule has 4 atom stereocenters. The molecule has 1 aliphatic rings. The summed E-state index contributed by atoms with van der Waals surface area (Å²) in [7, 11) is 1.60. The first-order valence-corrected chi connectivity index (χ1v) is 9.92. The number of hydrogen-bond donors (Lipinski definition) is 0. The molecule has 0 aliphatic carbocycles. The summed E-state index contributed by atoms with van der Waals surface area (Å²) in [6.07, 6.45) is 0.532. The van der Waals surface area contributed by atoms with Gasteiger partial charge in [0.05, 0.1) is 12.2 Å². The minimum Gasteiger partial charge on any atom is -0.392 e. The first-order valence-electron chi connectivity index (χ1n) is 7.01. The third-order valence-corrected chi connectivity index (χ3v) is 8.89. The maximum atomic E-state index is 6.32. The van der Waals surface area contributed by atoms with Gasteiger partial charge in [-0.25, -0.2) is 0 Å². The highest BCUT2D eigenvalue weighted by Gasteiger charge is 2.43. The van der Waals surface area contributed by atoms with Crippen LogP contribution in [0.5, 0.6) is 0 Å². The minimum absolute atomic E-state index is 0.0153. The Morgan fingerprint density at radius 2 is 1.68 bits per heavy atom. The molecule has 0 aromatic carbocycles. The van der Waals surface area contributed by atoms with E-state index in [1.54, 1.807) is 14.2 Å². The molecular weight excluding hydrogens is 260 g/mol. The van der Waals surface area contributed by atoms with Crippen LogP contribution in [-0.2, 0) is 18.6 Å². The average Bonchev–Trinajstić information content (AvgIpc) is 2.26. The van der Waals surface area contributed by atoms with Crippen molar-refractivity contribution < 1.29 is 18.6 Å². The van der Waals surface area contributed by atoms with E-state index in [0.29, 0.717) is 0 Å². The molecule has 0 spiro atoms. The van der Waals surface area contributed by atoms with Crippen molar-refractivity contribution in [3.05, 3.63) is 0 Å². The van der Waals surface area contributed by atoms with Crippen LogP contribution in [0.4, 0.5) is 0 Å². The summed E-state index contributed by atoms with van der Waals surface area (Å²) in [5, 5.41) is 0.181. The number of methoxy groups -OCH3 is 2. The van der Waals surface area contributed by atoms with E-state index in [0.717, 1.165) is 6.42 Å². The van der Waals surface area contributed by atoms with Crippen LogP contribution >= 0.6 is 0 Å². The fraction of sp³-hybridized carbons (Fsp3) is 1.00. The van der Waals surface area contributed by atoms with E-state index >= 15 is 0 Å². The second-order valence-corrected chi connectivity index (χ2v) is 11.6. The van der Waals surface area contributed by atoms with Crippen LogP contribution in [-0.4, -0.2) is 47.1 Å². The Hall–Kier alpha value is 0.0569. The molecule has 4 nitrogen and oxygen atoms in total. The van der Waals surface area contributed by atoms with Crippen molar-refractivity contribution in [3.8, 4) is 0 Å². The number of rotatable bonds is 4. The molecular formula is C14H30O4Si. The summed E-state index contributed by atoms with van der Waals surface area (Å²) in [6, 6.07) is 0. The van der Waals surface area contributed by atoms with E-state index in [1.807, 2.05) is 6.92 Å². The maximum absolute atomic E-state index is 6.32. The molecule has 19 heavy (non-hydrogen) atoms. The highest BCUT2D eigenvalue weighted by atomic mass is 28.4. The van der Waals surface area contributed by atoms with Crippen molar-refractivity contribution in [1.82, 2.24) is 0 Å².